The Kier molecular flexibility index (Phi) is 8.11. The molecule has 0 amide bonds. The van der Waals surface area contributed by atoms with Crippen molar-refractivity contribution in [3.8, 4) is 0 Å². The van der Waals surface area contributed by atoms with Gasteiger partial charge >= 0.3 is 0 Å². The van der Waals surface area contributed by atoms with Crippen LogP contribution >= 0.6 is 11.8 Å². The van der Waals surface area contributed by atoms with Gasteiger partial charge in [0.05, 0.1) is 12.7 Å². The highest BCUT2D eigenvalue weighted by Gasteiger charge is 2.44. The van der Waals surface area contributed by atoms with E-state index in [0.717, 1.165) is 0 Å². The molecule has 1 aliphatic rings. The van der Waals surface area contributed by atoms with Crippen LogP contribution in [0.5, 0.6) is 0 Å². The molecule has 7 atom stereocenters. The zero-order valence-electron chi connectivity index (χ0n) is 12.5. The van der Waals surface area contributed by atoms with Crippen molar-refractivity contribution in [1.82, 2.24) is 0 Å². The first-order valence-corrected chi connectivity index (χ1v) is 9.20. The molecule has 12 heteroatoms. The minimum absolute atomic E-state index is 0.0582. The molecular weight excluding hydrogens is 366 g/mol. The van der Waals surface area contributed by atoms with E-state index in [0.29, 0.717) is 11.8 Å². The Morgan fingerprint density at radius 3 is 2.50 bits per heavy atom. The summed E-state index contributed by atoms with van der Waals surface area (Å²) in [6.07, 6.45) is -5.84. The third kappa shape index (κ3) is 6.31. The van der Waals surface area contributed by atoms with Crippen LogP contribution < -0.4 is 0 Å². The molecule has 1 fully saturated rings. The van der Waals surface area contributed by atoms with Crippen molar-refractivity contribution in [2.45, 2.75) is 42.4 Å². The zero-order valence-corrected chi connectivity index (χ0v) is 14.2. The molecule has 0 spiro atoms. The molecule has 0 aromatic carbocycles. The van der Waals surface area contributed by atoms with E-state index in [9.17, 15) is 24.6 Å². The van der Waals surface area contributed by atoms with Crippen molar-refractivity contribution in [1.29, 1.82) is 0 Å². The van der Waals surface area contributed by atoms with E-state index in [1.165, 1.54) is 6.08 Å². The van der Waals surface area contributed by atoms with E-state index in [4.69, 9.17) is 14.4 Å². The lowest BCUT2D eigenvalue weighted by Crippen LogP contribution is -2.57. The van der Waals surface area contributed by atoms with E-state index in [1.54, 1.807) is 0 Å². The van der Waals surface area contributed by atoms with E-state index < -0.39 is 52.6 Å². The Balaban J connectivity index is 2.92. The lowest BCUT2D eigenvalue weighted by Gasteiger charge is -2.39. The number of ether oxygens (including phenoxy) is 1. The quantitative estimate of drug-likeness (QED) is 0.0934. The second-order valence-corrected chi connectivity index (χ2v) is 7.45. The monoisotopic (exact) mass is 387 g/mol. The first-order valence-electron chi connectivity index (χ1n) is 6.72. The summed E-state index contributed by atoms with van der Waals surface area (Å²) in [4.78, 5) is 0. The van der Waals surface area contributed by atoms with Crippen LogP contribution in [0, 0.1) is 0 Å². The zero-order chi connectivity index (χ0) is 18.5. The first-order chi connectivity index (χ1) is 11.1. The van der Waals surface area contributed by atoms with Crippen LogP contribution in [-0.4, -0.2) is 87.8 Å². The van der Waals surface area contributed by atoms with Crippen LogP contribution in [0.25, 0.3) is 0 Å². The Bertz CT molecular complexity index is 551. The first kappa shape index (κ1) is 21.3. The highest BCUT2D eigenvalue weighted by molar-refractivity contribution is 8.14. The van der Waals surface area contributed by atoms with E-state index in [1.807, 2.05) is 0 Å². The van der Waals surface area contributed by atoms with Gasteiger partial charge in [-0.05, 0) is 0 Å². The summed E-state index contributed by atoms with van der Waals surface area (Å²) in [5.74, 6) is 2.83. The number of aliphatic hydroxyl groups excluding tert-OH is 5. The third-order valence-electron chi connectivity index (χ3n) is 3.01. The van der Waals surface area contributed by atoms with Gasteiger partial charge in [-0.1, -0.05) is 23.0 Å². The average molecular weight is 387 g/mol. The fourth-order valence-corrected chi connectivity index (χ4v) is 3.14. The van der Waals surface area contributed by atoms with Crippen molar-refractivity contribution < 1.29 is 43.3 Å². The van der Waals surface area contributed by atoms with Gasteiger partial charge in [0.25, 0.3) is 10.1 Å². The fourth-order valence-electron chi connectivity index (χ4n) is 1.77. The SMILES string of the molecule is C=C[C@@H](O)C/C(=N\OS(=C)(=O)O)S[C@@H]1OC(CO)[C@@H](O)[C@H](O)C1O. The minimum Gasteiger partial charge on any atom is -0.394 e. The highest BCUT2D eigenvalue weighted by Crippen LogP contribution is 2.30. The summed E-state index contributed by atoms with van der Waals surface area (Å²) in [7, 11) is -3.89. The smallest absolute Gasteiger partial charge is 0.261 e. The van der Waals surface area contributed by atoms with Gasteiger partial charge in [-0.3, -0.25) is 8.84 Å². The van der Waals surface area contributed by atoms with Gasteiger partial charge in [0.1, 0.15) is 34.9 Å². The van der Waals surface area contributed by atoms with Gasteiger partial charge in [0.2, 0.25) is 0 Å². The fraction of sp³-hybridized carbons (Fsp3) is 0.667. The van der Waals surface area contributed by atoms with E-state index in [-0.39, 0.29) is 11.5 Å². The van der Waals surface area contributed by atoms with Crippen molar-refractivity contribution in [2.75, 3.05) is 6.61 Å². The minimum atomic E-state index is -3.89. The second-order valence-electron chi connectivity index (χ2n) is 4.96. The Labute approximate surface area is 143 Å². The Hall–Kier alpha value is -0.700. The van der Waals surface area contributed by atoms with Gasteiger partial charge < -0.3 is 30.3 Å². The van der Waals surface area contributed by atoms with Crippen LogP contribution in [0.1, 0.15) is 6.42 Å². The number of oxime groups is 1. The lowest BCUT2D eigenvalue weighted by molar-refractivity contribution is -0.205. The van der Waals surface area contributed by atoms with Crippen molar-refractivity contribution >= 4 is 32.8 Å². The molecule has 1 rings (SSSR count). The number of rotatable bonds is 7. The molecule has 1 saturated heterocycles. The molecule has 0 radical (unpaired) electrons. The summed E-state index contributed by atoms with van der Waals surface area (Å²) in [5.41, 5.74) is -1.18. The van der Waals surface area contributed by atoms with Crippen molar-refractivity contribution in [2.24, 2.45) is 5.16 Å². The van der Waals surface area contributed by atoms with Crippen LogP contribution in [0.15, 0.2) is 17.8 Å². The normalized spacial score (nSPS) is 35.1. The predicted octanol–water partition coefficient (Wildman–Crippen LogP) is -2.11. The van der Waals surface area contributed by atoms with Gasteiger partial charge in [-0.25, -0.2) is 0 Å². The molecule has 10 nitrogen and oxygen atoms in total. The lowest BCUT2D eigenvalue weighted by atomic mass is 10.0. The maximum Gasteiger partial charge on any atom is 0.261 e. The maximum absolute atomic E-state index is 11.0. The second kappa shape index (κ2) is 9.12. The standard InChI is InChI=1S/C12H21NO9S2/c1-3-6(15)4-8(13-22-24(2,19)20)23-12-11(18)10(17)9(16)7(5-14)21-12/h3,6-7,9-12,14-18H,1-2,4-5H2,(H,19,20)/b13-8+/t6-,7?,9-,10+,11?,12+/m1/s1. The van der Waals surface area contributed by atoms with Crippen molar-refractivity contribution in [3.63, 3.8) is 0 Å². The highest BCUT2D eigenvalue weighted by atomic mass is 32.2. The number of nitrogens with zero attached hydrogens (tertiary/aromatic N) is 1. The average Bonchev–Trinajstić information content (AvgIpc) is 2.52. The van der Waals surface area contributed by atoms with Crippen LogP contribution in [0.2, 0.25) is 0 Å². The Morgan fingerprint density at radius 1 is 1.38 bits per heavy atom. The van der Waals surface area contributed by atoms with Crippen LogP contribution in [-0.2, 0) is 19.1 Å². The van der Waals surface area contributed by atoms with E-state index in [2.05, 4.69) is 21.9 Å². The van der Waals surface area contributed by atoms with Gasteiger partial charge in [-0.15, -0.1) is 6.58 Å². The van der Waals surface area contributed by atoms with Gasteiger partial charge in [0, 0.05) is 12.3 Å². The Morgan fingerprint density at radius 2 is 2.00 bits per heavy atom. The molecule has 0 aliphatic carbocycles. The molecule has 140 valence electrons. The molecule has 1 aliphatic heterocycles. The third-order valence-corrected chi connectivity index (χ3v) is 4.46. The van der Waals surface area contributed by atoms with Crippen LogP contribution in [0.3, 0.4) is 0 Å². The number of aliphatic hydroxyl groups is 5. The van der Waals surface area contributed by atoms with E-state index >= 15 is 0 Å². The summed E-state index contributed by atoms with van der Waals surface area (Å²) < 4.78 is 29.6. The molecule has 3 unspecified atom stereocenters. The summed E-state index contributed by atoms with van der Waals surface area (Å²) in [6, 6.07) is 0. The predicted molar refractivity (Wildman–Crippen MR) is 88.6 cm³/mol. The van der Waals surface area contributed by atoms with Gasteiger partial charge in [0.15, 0.2) is 0 Å². The van der Waals surface area contributed by atoms with Gasteiger partial charge in [-0.2, -0.15) is 4.21 Å². The topological polar surface area (TPSA) is 169 Å². The summed E-state index contributed by atoms with van der Waals surface area (Å²) in [6.45, 7) is 2.76. The molecule has 0 aromatic rings. The van der Waals surface area contributed by atoms with Crippen LogP contribution in [0.4, 0.5) is 0 Å². The summed E-state index contributed by atoms with van der Waals surface area (Å²) >= 11 is 0.681. The molecule has 24 heavy (non-hydrogen) atoms. The molecule has 1 heterocycles. The molecular formula is C12H21NO9S2. The number of hydrogen-bond acceptors (Lipinski definition) is 10. The summed E-state index contributed by atoms with van der Waals surface area (Å²) in [5, 5.41) is 51.5. The largest absolute Gasteiger partial charge is 0.394 e. The number of thioether (sulfide) groups is 1. The maximum atomic E-state index is 11.0. The molecule has 0 saturated carbocycles. The molecule has 0 bridgehead atoms. The van der Waals surface area contributed by atoms with Crippen molar-refractivity contribution in [3.05, 3.63) is 12.7 Å². The number of hydrogen-bond donors (Lipinski definition) is 6. The molecule has 6 N–H and O–H groups in total. The molecule has 0 aromatic heterocycles.